The molecular formula is C17H23ClN2S. The molecule has 0 spiro atoms. The maximum atomic E-state index is 6.38. The molecule has 0 fully saturated rings. The first-order valence-electron chi connectivity index (χ1n) is 7.28. The van der Waals surface area contributed by atoms with Crippen LogP contribution in [0.25, 0.3) is 0 Å². The van der Waals surface area contributed by atoms with Crippen molar-refractivity contribution < 1.29 is 0 Å². The molecule has 2 rings (SSSR count). The molecule has 4 heteroatoms. The van der Waals surface area contributed by atoms with Gasteiger partial charge in [0.15, 0.2) is 0 Å². The first-order valence-corrected chi connectivity index (χ1v) is 8.48. The molecule has 2 nitrogen and oxygen atoms in total. The number of benzene rings is 1. The highest BCUT2D eigenvalue weighted by Gasteiger charge is 2.24. The Morgan fingerprint density at radius 2 is 1.95 bits per heavy atom. The lowest BCUT2D eigenvalue weighted by atomic mass is 10.0. The van der Waals surface area contributed by atoms with E-state index in [2.05, 4.69) is 44.0 Å². The number of thiophene rings is 1. The molecule has 0 saturated heterocycles. The molecule has 1 aromatic heterocycles. The molecule has 114 valence electrons. The topological polar surface area (TPSA) is 29.3 Å². The Kier molecular flexibility index (Phi) is 5.82. The molecule has 0 aliphatic carbocycles. The lowest BCUT2D eigenvalue weighted by molar-refractivity contribution is 0.205. The number of halogens is 1. The van der Waals surface area contributed by atoms with E-state index in [0.717, 1.165) is 23.6 Å². The number of likely N-dealkylation sites (N-methyl/N-ethyl adjacent to an activating group) is 1. The van der Waals surface area contributed by atoms with Crippen LogP contribution < -0.4 is 5.73 Å². The zero-order valence-corrected chi connectivity index (χ0v) is 14.4. The lowest BCUT2D eigenvalue weighted by Crippen LogP contribution is -2.38. The van der Waals surface area contributed by atoms with Crippen LogP contribution in [0.4, 0.5) is 0 Å². The van der Waals surface area contributed by atoms with Crippen molar-refractivity contribution in [2.45, 2.75) is 38.9 Å². The molecule has 1 aromatic carbocycles. The zero-order valence-electron chi connectivity index (χ0n) is 12.8. The SMILES string of the molecule is CCC(N)C(c1ccc(C)s1)N(C)Cc1ccccc1Cl. The fraction of sp³-hybridized carbons (Fsp3) is 0.412. The molecule has 1 heterocycles. The van der Waals surface area contributed by atoms with Gasteiger partial charge in [0.2, 0.25) is 0 Å². The van der Waals surface area contributed by atoms with E-state index in [0.29, 0.717) is 0 Å². The minimum absolute atomic E-state index is 0.121. The number of nitrogens with two attached hydrogens (primary N) is 1. The summed E-state index contributed by atoms with van der Waals surface area (Å²) in [5, 5.41) is 0.815. The van der Waals surface area contributed by atoms with Crippen LogP contribution in [0, 0.1) is 6.92 Å². The highest BCUT2D eigenvalue weighted by Crippen LogP contribution is 2.31. The molecule has 21 heavy (non-hydrogen) atoms. The Bertz CT molecular complexity index is 582. The number of hydrogen-bond acceptors (Lipinski definition) is 3. The van der Waals surface area contributed by atoms with Crippen LogP contribution in [0.15, 0.2) is 36.4 Å². The molecule has 0 radical (unpaired) electrons. The van der Waals surface area contributed by atoms with Gasteiger partial charge in [-0.25, -0.2) is 0 Å². The van der Waals surface area contributed by atoms with E-state index in [9.17, 15) is 0 Å². The van der Waals surface area contributed by atoms with E-state index in [4.69, 9.17) is 17.3 Å². The van der Waals surface area contributed by atoms with Gasteiger partial charge in [-0.05, 0) is 44.2 Å². The normalized spacial score (nSPS) is 14.4. The minimum Gasteiger partial charge on any atom is -0.326 e. The Hall–Kier alpha value is -0.870. The number of aryl methyl sites for hydroxylation is 1. The van der Waals surface area contributed by atoms with E-state index in [1.54, 1.807) is 0 Å². The first-order chi connectivity index (χ1) is 10.0. The van der Waals surface area contributed by atoms with Crippen LogP contribution >= 0.6 is 22.9 Å². The monoisotopic (exact) mass is 322 g/mol. The summed E-state index contributed by atoms with van der Waals surface area (Å²) >= 11 is 8.11. The van der Waals surface area contributed by atoms with Crippen molar-refractivity contribution in [2.24, 2.45) is 5.73 Å². The van der Waals surface area contributed by atoms with Crippen LogP contribution in [0.1, 0.15) is 34.7 Å². The third kappa shape index (κ3) is 4.07. The van der Waals surface area contributed by atoms with Gasteiger partial charge < -0.3 is 5.73 Å². The van der Waals surface area contributed by atoms with Crippen LogP contribution in [0.2, 0.25) is 5.02 Å². The number of hydrogen-bond donors (Lipinski definition) is 1. The van der Waals surface area contributed by atoms with Crippen molar-refractivity contribution in [1.29, 1.82) is 0 Å². The molecule has 0 bridgehead atoms. The molecule has 2 N–H and O–H groups in total. The average Bonchev–Trinajstić information content (AvgIpc) is 2.87. The third-order valence-electron chi connectivity index (χ3n) is 3.78. The predicted octanol–water partition coefficient (Wildman–Crippen LogP) is 4.62. The van der Waals surface area contributed by atoms with Gasteiger partial charge in [-0.15, -0.1) is 11.3 Å². The van der Waals surface area contributed by atoms with E-state index < -0.39 is 0 Å². The van der Waals surface area contributed by atoms with Crippen molar-refractivity contribution in [3.05, 3.63) is 56.7 Å². The molecule has 0 aliphatic heterocycles. The zero-order chi connectivity index (χ0) is 15.4. The minimum atomic E-state index is 0.121. The van der Waals surface area contributed by atoms with E-state index in [1.807, 2.05) is 29.5 Å². The second-order valence-electron chi connectivity index (χ2n) is 5.47. The maximum absolute atomic E-state index is 6.38. The molecular weight excluding hydrogens is 300 g/mol. The Morgan fingerprint density at radius 1 is 1.24 bits per heavy atom. The van der Waals surface area contributed by atoms with Crippen LogP contribution in [-0.2, 0) is 6.54 Å². The Balaban J connectivity index is 2.22. The molecule has 0 amide bonds. The van der Waals surface area contributed by atoms with E-state index in [-0.39, 0.29) is 12.1 Å². The standard InChI is InChI=1S/C17H23ClN2S/c1-4-15(19)17(16-10-9-12(2)21-16)20(3)11-13-7-5-6-8-14(13)18/h5-10,15,17H,4,11,19H2,1-3H3. The third-order valence-corrected chi connectivity index (χ3v) is 5.22. The van der Waals surface area contributed by atoms with Gasteiger partial charge >= 0.3 is 0 Å². The highest BCUT2D eigenvalue weighted by molar-refractivity contribution is 7.12. The van der Waals surface area contributed by atoms with E-state index in [1.165, 1.54) is 9.75 Å². The van der Waals surface area contributed by atoms with Gasteiger partial charge in [-0.2, -0.15) is 0 Å². The summed E-state index contributed by atoms with van der Waals surface area (Å²) in [4.78, 5) is 4.96. The van der Waals surface area contributed by atoms with Gasteiger partial charge in [0.05, 0.1) is 6.04 Å². The fourth-order valence-electron chi connectivity index (χ4n) is 2.58. The summed E-state index contributed by atoms with van der Waals surface area (Å²) < 4.78 is 0. The van der Waals surface area contributed by atoms with Crippen molar-refractivity contribution in [3.8, 4) is 0 Å². The summed E-state index contributed by atoms with van der Waals surface area (Å²) in [6.45, 7) is 5.08. The summed E-state index contributed by atoms with van der Waals surface area (Å²) in [6.07, 6.45) is 0.953. The maximum Gasteiger partial charge on any atom is 0.0593 e. The van der Waals surface area contributed by atoms with Crippen LogP contribution in [0.3, 0.4) is 0 Å². The summed E-state index contributed by atoms with van der Waals surface area (Å²) in [5.74, 6) is 0. The highest BCUT2D eigenvalue weighted by atomic mass is 35.5. The number of rotatable bonds is 6. The van der Waals surface area contributed by atoms with Crippen LogP contribution in [0.5, 0.6) is 0 Å². The Labute approximate surface area is 136 Å². The van der Waals surface area contributed by atoms with Gasteiger partial charge in [0.1, 0.15) is 0 Å². The second-order valence-corrected chi connectivity index (χ2v) is 7.20. The smallest absolute Gasteiger partial charge is 0.0593 e. The van der Waals surface area contributed by atoms with Crippen molar-refractivity contribution in [3.63, 3.8) is 0 Å². The fourth-order valence-corrected chi connectivity index (χ4v) is 3.90. The summed E-state index contributed by atoms with van der Waals surface area (Å²) in [7, 11) is 2.12. The molecule has 2 unspecified atom stereocenters. The molecule has 0 saturated carbocycles. The van der Waals surface area contributed by atoms with E-state index >= 15 is 0 Å². The molecule has 2 aromatic rings. The quantitative estimate of drug-likeness (QED) is 0.840. The first kappa shape index (κ1) is 16.5. The lowest BCUT2D eigenvalue weighted by Gasteiger charge is -2.32. The number of nitrogens with zero attached hydrogens (tertiary/aromatic N) is 1. The van der Waals surface area contributed by atoms with Gasteiger partial charge in [-0.3, -0.25) is 4.90 Å². The molecule has 2 atom stereocenters. The van der Waals surface area contributed by atoms with Gasteiger partial charge in [0.25, 0.3) is 0 Å². The van der Waals surface area contributed by atoms with Crippen molar-refractivity contribution in [1.82, 2.24) is 4.90 Å². The molecule has 0 aliphatic rings. The summed E-state index contributed by atoms with van der Waals surface area (Å²) in [6, 6.07) is 12.7. The van der Waals surface area contributed by atoms with Gasteiger partial charge in [-0.1, -0.05) is 36.7 Å². The van der Waals surface area contributed by atoms with Crippen molar-refractivity contribution >= 4 is 22.9 Å². The van der Waals surface area contributed by atoms with Gasteiger partial charge in [0, 0.05) is 27.4 Å². The van der Waals surface area contributed by atoms with Crippen LogP contribution in [-0.4, -0.2) is 18.0 Å². The predicted molar refractivity (Wildman–Crippen MR) is 93.0 cm³/mol. The second kappa shape index (κ2) is 7.41. The Morgan fingerprint density at radius 3 is 2.52 bits per heavy atom. The van der Waals surface area contributed by atoms with Crippen molar-refractivity contribution in [2.75, 3.05) is 7.05 Å². The largest absolute Gasteiger partial charge is 0.326 e. The average molecular weight is 323 g/mol. The summed E-state index contributed by atoms with van der Waals surface area (Å²) in [5.41, 5.74) is 7.53.